The lowest BCUT2D eigenvalue weighted by Gasteiger charge is -2.28. The molecule has 26 heavy (non-hydrogen) atoms. The van der Waals surface area contributed by atoms with Gasteiger partial charge < -0.3 is 10.6 Å². The zero-order valence-electron chi connectivity index (χ0n) is 16.3. The van der Waals surface area contributed by atoms with Crippen molar-refractivity contribution in [2.75, 3.05) is 0 Å². The van der Waals surface area contributed by atoms with Crippen molar-refractivity contribution in [1.82, 2.24) is 10.6 Å². The number of carbonyl (C=O) groups is 1. The zero-order chi connectivity index (χ0) is 19.2. The molecule has 0 saturated heterocycles. The van der Waals surface area contributed by atoms with Crippen molar-refractivity contribution in [3.05, 3.63) is 77.9 Å². The summed E-state index contributed by atoms with van der Waals surface area (Å²) in [6, 6.07) is 18.5. The summed E-state index contributed by atoms with van der Waals surface area (Å²) in [6.07, 6.45) is 1.86. The van der Waals surface area contributed by atoms with Gasteiger partial charge in [-0.1, -0.05) is 60.7 Å². The fourth-order valence-electron chi connectivity index (χ4n) is 2.89. The molecule has 2 aromatic carbocycles. The maximum atomic E-state index is 12.4. The molecule has 1 unspecified atom stereocenters. The van der Waals surface area contributed by atoms with Gasteiger partial charge in [0, 0.05) is 6.04 Å². The van der Waals surface area contributed by atoms with Crippen LogP contribution >= 0.6 is 0 Å². The predicted octanol–water partition coefficient (Wildman–Crippen LogP) is 5.28. The van der Waals surface area contributed by atoms with Crippen molar-refractivity contribution in [1.29, 1.82) is 0 Å². The van der Waals surface area contributed by atoms with E-state index in [1.54, 1.807) is 0 Å². The van der Waals surface area contributed by atoms with E-state index in [1.165, 1.54) is 5.56 Å². The molecule has 0 aromatic heterocycles. The number of hydrogen-bond acceptors (Lipinski definition) is 1. The van der Waals surface area contributed by atoms with Crippen molar-refractivity contribution in [2.45, 2.75) is 52.1 Å². The van der Waals surface area contributed by atoms with E-state index in [0.717, 1.165) is 29.5 Å². The quantitative estimate of drug-likeness (QED) is 0.701. The number of aryl methyl sites for hydroxylation is 1. The van der Waals surface area contributed by atoms with Crippen molar-refractivity contribution in [2.24, 2.45) is 0 Å². The second-order valence-electron chi connectivity index (χ2n) is 7.51. The second-order valence-corrected chi connectivity index (χ2v) is 7.51. The number of hydrogen-bond donors (Lipinski definition) is 2. The summed E-state index contributed by atoms with van der Waals surface area (Å²) in [5.74, 6) is 0. The molecule has 3 heteroatoms. The molecule has 1 atom stereocenters. The Morgan fingerprint density at radius 1 is 1.12 bits per heavy atom. The van der Waals surface area contributed by atoms with Crippen LogP contribution in [0.2, 0.25) is 0 Å². The minimum atomic E-state index is -0.464. The molecule has 0 radical (unpaired) electrons. The summed E-state index contributed by atoms with van der Waals surface area (Å²) >= 11 is 0. The molecule has 0 aliphatic heterocycles. The van der Waals surface area contributed by atoms with E-state index in [2.05, 4.69) is 35.4 Å². The van der Waals surface area contributed by atoms with Gasteiger partial charge in [-0.15, -0.1) is 0 Å². The standard InChI is InChI=1S/C23H30N2O/c1-17(2)20-12-9-13-21(16-20)23(4,5)25-22(26)24-18(3)14-15-19-10-7-6-8-11-19/h6-13,16,18H,1,14-15H2,2-5H3,(H2,24,25,26). The van der Waals surface area contributed by atoms with Crippen molar-refractivity contribution in [3.8, 4) is 0 Å². The molecule has 0 aliphatic rings. The molecule has 2 aromatic rings. The third-order valence-corrected chi connectivity index (χ3v) is 4.59. The number of nitrogens with one attached hydrogen (secondary N) is 2. The fraction of sp³-hybridized carbons (Fsp3) is 0.348. The van der Waals surface area contributed by atoms with Crippen LogP contribution in [0.5, 0.6) is 0 Å². The van der Waals surface area contributed by atoms with Crippen molar-refractivity contribution in [3.63, 3.8) is 0 Å². The van der Waals surface area contributed by atoms with Gasteiger partial charge in [0.1, 0.15) is 0 Å². The molecule has 2 amide bonds. The molecular formula is C23H30N2O. The largest absolute Gasteiger partial charge is 0.336 e. The Hall–Kier alpha value is -2.55. The van der Waals surface area contributed by atoms with Crippen LogP contribution < -0.4 is 10.6 Å². The lowest BCUT2D eigenvalue weighted by atomic mass is 9.92. The Labute approximate surface area is 157 Å². The summed E-state index contributed by atoms with van der Waals surface area (Å²) in [4.78, 5) is 12.4. The highest BCUT2D eigenvalue weighted by Gasteiger charge is 2.23. The number of amides is 2. The number of benzene rings is 2. The van der Waals surface area contributed by atoms with E-state index in [1.807, 2.05) is 64.1 Å². The average Bonchev–Trinajstić information content (AvgIpc) is 2.60. The van der Waals surface area contributed by atoms with E-state index in [0.29, 0.717) is 0 Å². The molecule has 138 valence electrons. The Morgan fingerprint density at radius 3 is 2.46 bits per heavy atom. The first-order valence-electron chi connectivity index (χ1n) is 9.17. The van der Waals surface area contributed by atoms with Crippen molar-refractivity contribution < 1.29 is 4.79 Å². The van der Waals surface area contributed by atoms with Crippen LogP contribution in [0, 0.1) is 0 Å². The van der Waals surface area contributed by atoms with E-state index < -0.39 is 5.54 Å². The molecule has 2 rings (SSSR count). The van der Waals surface area contributed by atoms with Crippen LogP contribution in [0.1, 0.15) is 50.8 Å². The normalized spacial score (nSPS) is 12.3. The monoisotopic (exact) mass is 350 g/mol. The minimum absolute atomic E-state index is 0.104. The van der Waals surface area contributed by atoms with Crippen LogP contribution in [0.4, 0.5) is 4.79 Å². The van der Waals surface area contributed by atoms with Crippen LogP contribution in [0.25, 0.3) is 5.57 Å². The number of rotatable bonds is 7. The molecular weight excluding hydrogens is 320 g/mol. The molecule has 0 heterocycles. The van der Waals surface area contributed by atoms with E-state index >= 15 is 0 Å². The first-order valence-corrected chi connectivity index (χ1v) is 9.17. The molecule has 0 saturated carbocycles. The third-order valence-electron chi connectivity index (χ3n) is 4.59. The van der Waals surface area contributed by atoms with E-state index in [-0.39, 0.29) is 12.1 Å². The highest BCUT2D eigenvalue weighted by Crippen LogP contribution is 2.23. The highest BCUT2D eigenvalue weighted by atomic mass is 16.2. The molecule has 0 fully saturated rings. The lowest BCUT2D eigenvalue weighted by Crippen LogP contribution is -2.49. The van der Waals surface area contributed by atoms with Crippen LogP contribution in [0.15, 0.2) is 61.2 Å². The summed E-state index contributed by atoms with van der Waals surface area (Å²) in [5.41, 5.74) is 3.99. The van der Waals surface area contributed by atoms with Gasteiger partial charge in [-0.25, -0.2) is 4.79 Å². The maximum Gasteiger partial charge on any atom is 0.315 e. The Kier molecular flexibility index (Phi) is 6.62. The SMILES string of the molecule is C=C(C)c1cccc(C(C)(C)NC(=O)NC(C)CCc2ccccc2)c1. The van der Waals surface area contributed by atoms with Gasteiger partial charge in [0.15, 0.2) is 0 Å². The van der Waals surface area contributed by atoms with Gasteiger partial charge in [0.2, 0.25) is 0 Å². The van der Waals surface area contributed by atoms with Crippen LogP contribution in [-0.2, 0) is 12.0 Å². The summed E-state index contributed by atoms with van der Waals surface area (Å²) in [7, 11) is 0. The Balaban J connectivity index is 1.91. The molecule has 0 aliphatic carbocycles. The number of carbonyl (C=O) groups excluding carboxylic acids is 1. The fourth-order valence-corrected chi connectivity index (χ4v) is 2.89. The summed E-state index contributed by atoms with van der Waals surface area (Å²) < 4.78 is 0. The van der Waals surface area contributed by atoms with Gasteiger partial charge in [0.05, 0.1) is 5.54 Å². The Morgan fingerprint density at radius 2 is 1.81 bits per heavy atom. The van der Waals surface area contributed by atoms with E-state index in [9.17, 15) is 4.79 Å². The molecule has 3 nitrogen and oxygen atoms in total. The van der Waals surface area contributed by atoms with Gasteiger partial charge in [0.25, 0.3) is 0 Å². The summed E-state index contributed by atoms with van der Waals surface area (Å²) in [5, 5.41) is 6.13. The smallest absolute Gasteiger partial charge is 0.315 e. The maximum absolute atomic E-state index is 12.4. The van der Waals surface area contributed by atoms with Gasteiger partial charge >= 0.3 is 6.03 Å². The van der Waals surface area contributed by atoms with Crippen LogP contribution in [0.3, 0.4) is 0 Å². The average molecular weight is 351 g/mol. The molecule has 2 N–H and O–H groups in total. The van der Waals surface area contributed by atoms with Gasteiger partial charge in [-0.2, -0.15) is 0 Å². The second kappa shape index (κ2) is 8.70. The molecule has 0 spiro atoms. The highest BCUT2D eigenvalue weighted by molar-refractivity contribution is 5.75. The third kappa shape index (κ3) is 5.76. The summed E-state index contributed by atoms with van der Waals surface area (Å²) in [6.45, 7) is 12.0. The Bertz CT molecular complexity index is 750. The van der Waals surface area contributed by atoms with E-state index in [4.69, 9.17) is 0 Å². The number of allylic oxidation sites excluding steroid dienone is 1. The minimum Gasteiger partial charge on any atom is -0.336 e. The number of urea groups is 1. The van der Waals surface area contributed by atoms with Gasteiger partial charge in [-0.05, 0) is 63.3 Å². The molecule has 0 bridgehead atoms. The van der Waals surface area contributed by atoms with Crippen molar-refractivity contribution >= 4 is 11.6 Å². The predicted molar refractivity (Wildman–Crippen MR) is 110 cm³/mol. The first-order chi connectivity index (χ1) is 12.3. The zero-order valence-corrected chi connectivity index (χ0v) is 16.3. The lowest BCUT2D eigenvalue weighted by molar-refractivity contribution is 0.226. The van der Waals surface area contributed by atoms with Crippen LogP contribution in [-0.4, -0.2) is 12.1 Å². The first kappa shape index (κ1) is 19.8. The topological polar surface area (TPSA) is 41.1 Å². The van der Waals surface area contributed by atoms with Gasteiger partial charge in [-0.3, -0.25) is 0 Å².